The van der Waals surface area contributed by atoms with Crippen LogP contribution in [0.5, 0.6) is 0 Å². The fraction of sp³-hybridized carbons (Fsp3) is 0.200. The average Bonchev–Trinajstić information content (AvgIpc) is 3.10. The van der Waals surface area contributed by atoms with E-state index in [4.69, 9.17) is 19.3 Å². The highest BCUT2D eigenvalue weighted by molar-refractivity contribution is 6.62. The molecule has 0 amide bonds. The molecule has 1 aliphatic rings. The summed E-state index contributed by atoms with van der Waals surface area (Å²) in [5.74, 6) is 0.686. The summed E-state index contributed by atoms with van der Waals surface area (Å²) in [6, 6.07) is 31.2. The van der Waals surface area contributed by atoms with Crippen molar-refractivity contribution in [3.63, 3.8) is 0 Å². The molecule has 1 aliphatic heterocycles. The molecule has 5 heteroatoms. The first-order valence-corrected chi connectivity index (χ1v) is 12.0. The van der Waals surface area contributed by atoms with Gasteiger partial charge in [0.05, 0.1) is 22.4 Å². The van der Waals surface area contributed by atoms with Crippen LogP contribution in [0.15, 0.2) is 91.0 Å². The van der Waals surface area contributed by atoms with Gasteiger partial charge in [-0.05, 0) is 44.6 Å². The number of benzene rings is 4. The van der Waals surface area contributed by atoms with Gasteiger partial charge in [0.15, 0.2) is 5.82 Å². The lowest BCUT2D eigenvalue weighted by Gasteiger charge is -2.32. The molecule has 0 atom stereocenters. The molecule has 0 radical (unpaired) electrons. The van der Waals surface area contributed by atoms with Gasteiger partial charge in [0.2, 0.25) is 0 Å². The summed E-state index contributed by atoms with van der Waals surface area (Å²) in [6.45, 7) is 8.28. The molecule has 35 heavy (non-hydrogen) atoms. The Morgan fingerprint density at radius 3 is 2.09 bits per heavy atom. The van der Waals surface area contributed by atoms with Crippen LogP contribution in [0.25, 0.3) is 44.3 Å². The second kappa shape index (κ2) is 8.01. The zero-order valence-corrected chi connectivity index (χ0v) is 20.4. The second-order valence-corrected chi connectivity index (χ2v) is 10.2. The summed E-state index contributed by atoms with van der Waals surface area (Å²) in [6.07, 6.45) is 0. The number of hydrogen-bond donors (Lipinski definition) is 0. The molecule has 2 heterocycles. The van der Waals surface area contributed by atoms with E-state index in [9.17, 15) is 0 Å². The summed E-state index contributed by atoms with van der Waals surface area (Å²) in [4.78, 5) is 10.2. The zero-order valence-electron chi connectivity index (χ0n) is 20.4. The van der Waals surface area contributed by atoms with Crippen molar-refractivity contribution in [1.82, 2.24) is 9.97 Å². The molecule has 4 nitrogen and oxygen atoms in total. The normalized spacial score (nSPS) is 16.7. The molecule has 0 spiro atoms. The Balaban J connectivity index is 1.54. The smallest absolute Gasteiger partial charge is 0.399 e. The summed E-state index contributed by atoms with van der Waals surface area (Å²) < 4.78 is 12.6. The molecule has 0 unspecified atom stereocenters. The predicted octanol–water partition coefficient (Wildman–Crippen LogP) is 6.42. The Hall–Kier alpha value is -3.54. The van der Waals surface area contributed by atoms with Crippen molar-refractivity contribution >= 4 is 34.3 Å². The van der Waals surface area contributed by atoms with Gasteiger partial charge >= 0.3 is 7.12 Å². The Bertz CT molecular complexity index is 1550. The molecule has 0 bridgehead atoms. The minimum atomic E-state index is -0.435. The highest BCUT2D eigenvalue weighted by atomic mass is 16.7. The summed E-state index contributed by atoms with van der Waals surface area (Å²) in [5, 5.41) is 3.32. The third-order valence-corrected chi connectivity index (χ3v) is 7.31. The molecule has 6 rings (SSSR count). The van der Waals surface area contributed by atoms with E-state index in [-0.39, 0.29) is 0 Å². The minimum absolute atomic E-state index is 0.396. The Kier molecular flexibility index (Phi) is 5.03. The van der Waals surface area contributed by atoms with Crippen molar-refractivity contribution in [3.8, 4) is 22.6 Å². The second-order valence-electron chi connectivity index (χ2n) is 10.2. The largest absolute Gasteiger partial charge is 0.494 e. The SMILES string of the molecule is CC1(C)OB(c2cccc(-c3nc(-c4ccccc4)c4ccc5ccccc5c4n3)c2)OC1(C)C. The van der Waals surface area contributed by atoms with Crippen molar-refractivity contribution in [1.29, 1.82) is 0 Å². The lowest BCUT2D eigenvalue weighted by Crippen LogP contribution is -2.41. The molecule has 1 saturated heterocycles. The Labute approximate surface area is 206 Å². The van der Waals surface area contributed by atoms with Crippen LogP contribution in [0.2, 0.25) is 0 Å². The summed E-state index contributed by atoms with van der Waals surface area (Å²) in [5.41, 5.74) is 4.05. The standard InChI is InChI=1S/C30H27BN2O2/c1-29(2)30(3,4)35-31(34-29)23-15-10-14-22(19-23)28-32-26(21-12-6-5-7-13-21)25-18-17-20-11-8-9-16-24(20)27(25)33-28/h5-19H,1-4H3. The molecule has 1 fully saturated rings. The topological polar surface area (TPSA) is 44.2 Å². The highest BCUT2D eigenvalue weighted by Crippen LogP contribution is 2.37. The van der Waals surface area contributed by atoms with Crippen LogP contribution in [0, 0.1) is 0 Å². The molecule has 0 N–H and O–H groups in total. The number of rotatable bonds is 3. The van der Waals surface area contributed by atoms with Gasteiger partial charge in [0.1, 0.15) is 0 Å². The maximum atomic E-state index is 6.30. The molecule has 5 aromatic rings. The van der Waals surface area contributed by atoms with E-state index in [0.29, 0.717) is 5.82 Å². The average molecular weight is 458 g/mol. The summed E-state index contributed by atoms with van der Waals surface area (Å²) in [7, 11) is -0.435. The number of aromatic nitrogens is 2. The maximum absolute atomic E-state index is 6.30. The highest BCUT2D eigenvalue weighted by Gasteiger charge is 2.51. The van der Waals surface area contributed by atoms with Crippen LogP contribution >= 0.6 is 0 Å². The van der Waals surface area contributed by atoms with E-state index in [1.807, 2.05) is 30.3 Å². The van der Waals surface area contributed by atoms with Crippen LogP contribution in [0.1, 0.15) is 27.7 Å². The summed E-state index contributed by atoms with van der Waals surface area (Å²) >= 11 is 0. The Morgan fingerprint density at radius 2 is 1.31 bits per heavy atom. The first-order valence-electron chi connectivity index (χ1n) is 12.0. The van der Waals surface area contributed by atoms with E-state index >= 15 is 0 Å². The third-order valence-electron chi connectivity index (χ3n) is 7.31. The molecule has 1 aromatic heterocycles. The van der Waals surface area contributed by atoms with Crippen molar-refractivity contribution in [3.05, 3.63) is 91.0 Å². The first kappa shape index (κ1) is 22.0. The van der Waals surface area contributed by atoms with E-state index < -0.39 is 18.3 Å². The van der Waals surface area contributed by atoms with Crippen molar-refractivity contribution in [2.45, 2.75) is 38.9 Å². The Morgan fingerprint density at radius 1 is 0.629 bits per heavy atom. The number of hydrogen-bond acceptors (Lipinski definition) is 4. The van der Waals surface area contributed by atoms with Crippen molar-refractivity contribution in [2.24, 2.45) is 0 Å². The molecule has 0 saturated carbocycles. The zero-order chi connectivity index (χ0) is 24.2. The fourth-order valence-corrected chi connectivity index (χ4v) is 4.61. The van der Waals surface area contributed by atoms with Crippen LogP contribution in [-0.2, 0) is 9.31 Å². The van der Waals surface area contributed by atoms with Gasteiger partial charge in [0, 0.05) is 21.9 Å². The van der Waals surface area contributed by atoms with E-state index in [2.05, 4.69) is 88.4 Å². The van der Waals surface area contributed by atoms with Crippen LogP contribution in [0.3, 0.4) is 0 Å². The third kappa shape index (κ3) is 3.72. The van der Waals surface area contributed by atoms with E-state index in [0.717, 1.165) is 44.0 Å². The van der Waals surface area contributed by atoms with Gasteiger partial charge in [-0.25, -0.2) is 9.97 Å². The molecule has 172 valence electrons. The molecule has 0 aliphatic carbocycles. The first-order chi connectivity index (χ1) is 16.8. The maximum Gasteiger partial charge on any atom is 0.494 e. The fourth-order valence-electron chi connectivity index (χ4n) is 4.61. The van der Waals surface area contributed by atoms with Gasteiger partial charge in [-0.3, -0.25) is 0 Å². The molecule has 4 aromatic carbocycles. The molecular weight excluding hydrogens is 431 g/mol. The van der Waals surface area contributed by atoms with Crippen LogP contribution in [0.4, 0.5) is 0 Å². The van der Waals surface area contributed by atoms with Crippen molar-refractivity contribution < 1.29 is 9.31 Å². The minimum Gasteiger partial charge on any atom is -0.399 e. The lowest BCUT2D eigenvalue weighted by molar-refractivity contribution is 0.00578. The quantitative estimate of drug-likeness (QED) is 0.231. The van der Waals surface area contributed by atoms with E-state index in [1.165, 1.54) is 0 Å². The lowest BCUT2D eigenvalue weighted by atomic mass is 9.78. The van der Waals surface area contributed by atoms with Gasteiger partial charge in [-0.1, -0.05) is 84.9 Å². The van der Waals surface area contributed by atoms with Gasteiger partial charge in [-0.2, -0.15) is 0 Å². The van der Waals surface area contributed by atoms with Gasteiger partial charge in [-0.15, -0.1) is 0 Å². The van der Waals surface area contributed by atoms with Crippen LogP contribution in [-0.4, -0.2) is 28.3 Å². The van der Waals surface area contributed by atoms with Crippen LogP contribution < -0.4 is 5.46 Å². The molecular formula is C30H27BN2O2. The van der Waals surface area contributed by atoms with Gasteiger partial charge in [0.25, 0.3) is 0 Å². The van der Waals surface area contributed by atoms with Crippen molar-refractivity contribution in [2.75, 3.05) is 0 Å². The number of nitrogens with zero attached hydrogens (tertiary/aromatic N) is 2. The monoisotopic (exact) mass is 458 g/mol. The number of fused-ring (bicyclic) bond motifs is 3. The van der Waals surface area contributed by atoms with Gasteiger partial charge < -0.3 is 9.31 Å². The van der Waals surface area contributed by atoms with E-state index in [1.54, 1.807) is 0 Å². The predicted molar refractivity (Wildman–Crippen MR) is 144 cm³/mol.